The van der Waals surface area contributed by atoms with Crippen LogP contribution < -0.4 is 4.90 Å². The molecule has 0 spiro atoms. The first-order valence-corrected chi connectivity index (χ1v) is 13.2. The van der Waals surface area contributed by atoms with E-state index in [1.807, 2.05) is 6.07 Å². The number of benzene rings is 3. The minimum atomic E-state index is -1.42. The van der Waals surface area contributed by atoms with Crippen molar-refractivity contribution in [3.8, 4) is 0 Å². The molecule has 1 aliphatic heterocycles. The fourth-order valence-corrected chi connectivity index (χ4v) is 5.28. The molecule has 2 amide bonds. The summed E-state index contributed by atoms with van der Waals surface area (Å²) in [5, 5.41) is 10.9. The van der Waals surface area contributed by atoms with Gasteiger partial charge in [-0.25, -0.2) is 4.79 Å². The highest BCUT2D eigenvalue weighted by molar-refractivity contribution is 14.1. The number of carboxylic acids is 1. The Morgan fingerprint density at radius 1 is 0.974 bits per heavy atom. The summed E-state index contributed by atoms with van der Waals surface area (Å²) in [5.74, 6) is -2.23. The van der Waals surface area contributed by atoms with Crippen molar-refractivity contribution in [3.05, 3.63) is 128 Å². The van der Waals surface area contributed by atoms with E-state index in [0.29, 0.717) is 21.8 Å². The molecular weight excluding hydrogens is 617 g/mol. The van der Waals surface area contributed by atoms with Crippen LogP contribution >= 0.6 is 34.2 Å². The lowest BCUT2D eigenvalue weighted by molar-refractivity contribution is -0.144. The maximum atomic E-state index is 14.5. The molecule has 5 rings (SSSR count). The van der Waals surface area contributed by atoms with Crippen LogP contribution in [-0.2, 0) is 16.1 Å². The first kappa shape index (κ1) is 25.9. The molecule has 2 unspecified atom stereocenters. The molecule has 9 heteroatoms. The molecule has 0 bridgehead atoms. The van der Waals surface area contributed by atoms with Crippen LogP contribution in [0.5, 0.6) is 0 Å². The molecule has 0 saturated heterocycles. The standard InChI is InChI=1S/C29H21ClIN3O4/c30-21-8-6-20(7-9-21)25-28(36)33(17-18-12-14-32-15-13-18)24-11-10-22(31)16-23(24)27(35)34(25)26(29(37)38)19-4-2-1-3-5-19/h1-16,25-26H,17H2,(H,37,38). The minimum Gasteiger partial charge on any atom is -0.479 e. The summed E-state index contributed by atoms with van der Waals surface area (Å²) in [4.78, 5) is 48.4. The Kier molecular flexibility index (Phi) is 7.44. The van der Waals surface area contributed by atoms with E-state index in [9.17, 15) is 19.5 Å². The molecule has 190 valence electrons. The number of carbonyl (C=O) groups excluding carboxylic acids is 2. The second kappa shape index (κ2) is 10.9. The number of carbonyl (C=O) groups is 3. The lowest BCUT2D eigenvalue weighted by Crippen LogP contribution is -2.46. The van der Waals surface area contributed by atoms with Crippen molar-refractivity contribution in [1.82, 2.24) is 9.88 Å². The van der Waals surface area contributed by atoms with Crippen LogP contribution in [0.15, 0.2) is 97.3 Å². The smallest absolute Gasteiger partial charge is 0.331 e. The van der Waals surface area contributed by atoms with Crippen molar-refractivity contribution < 1.29 is 19.5 Å². The molecule has 2 heterocycles. The third kappa shape index (κ3) is 5.01. The molecule has 1 N–H and O–H groups in total. The van der Waals surface area contributed by atoms with Crippen LogP contribution in [0.25, 0.3) is 0 Å². The number of pyridine rings is 1. The molecule has 0 fully saturated rings. The van der Waals surface area contributed by atoms with Crippen LogP contribution in [0.1, 0.15) is 39.1 Å². The fraction of sp³-hybridized carbons (Fsp3) is 0.103. The van der Waals surface area contributed by atoms with Crippen molar-refractivity contribution in [2.24, 2.45) is 0 Å². The van der Waals surface area contributed by atoms with E-state index in [2.05, 4.69) is 27.6 Å². The zero-order valence-corrected chi connectivity index (χ0v) is 22.8. The van der Waals surface area contributed by atoms with Gasteiger partial charge in [0.2, 0.25) is 0 Å². The number of carboxylic acid groups (broad SMARTS) is 1. The molecule has 7 nitrogen and oxygen atoms in total. The summed E-state index contributed by atoms with van der Waals surface area (Å²) in [6.07, 6.45) is 3.27. The number of hydrogen-bond donors (Lipinski definition) is 1. The van der Waals surface area contributed by atoms with Gasteiger partial charge in [-0.1, -0.05) is 54.1 Å². The molecule has 3 aromatic carbocycles. The Bertz CT molecular complexity index is 1500. The van der Waals surface area contributed by atoms with Crippen LogP contribution in [0, 0.1) is 3.57 Å². The van der Waals surface area contributed by atoms with E-state index in [1.165, 1.54) is 4.90 Å². The summed E-state index contributed by atoms with van der Waals surface area (Å²) in [5.41, 5.74) is 2.31. The first-order chi connectivity index (χ1) is 18.3. The number of hydrogen-bond acceptors (Lipinski definition) is 4. The van der Waals surface area contributed by atoms with E-state index >= 15 is 0 Å². The Balaban J connectivity index is 1.77. The summed E-state index contributed by atoms with van der Waals surface area (Å²) >= 11 is 8.24. The summed E-state index contributed by atoms with van der Waals surface area (Å²) < 4.78 is 0.780. The summed E-state index contributed by atoms with van der Waals surface area (Å²) in [6, 6.07) is 21.2. The molecule has 0 radical (unpaired) electrons. The minimum absolute atomic E-state index is 0.170. The highest BCUT2D eigenvalue weighted by Gasteiger charge is 2.46. The van der Waals surface area contributed by atoms with Crippen LogP contribution in [-0.4, -0.2) is 32.8 Å². The van der Waals surface area contributed by atoms with Gasteiger partial charge < -0.3 is 14.9 Å². The normalized spacial score (nSPS) is 16.1. The van der Waals surface area contributed by atoms with Crippen molar-refractivity contribution in [2.75, 3.05) is 4.90 Å². The van der Waals surface area contributed by atoms with Crippen molar-refractivity contribution in [2.45, 2.75) is 18.6 Å². The zero-order valence-electron chi connectivity index (χ0n) is 19.9. The molecular formula is C29H21ClIN3O4. The van der Waals surface area contributed by atoms with E-state index < -0.39 is 29.9 Å². The van der Waals surface area contributed by atoms with Crippen LogP contribution in [0.4, 0.5) is 5.69 Å². The average Bonchev–Trinajstić information content (AvgIpc) is 3.00. The van der Waals surface area contributed by atoms with Gasteiger partial charge in [0.05, 0.1) is 17.8 Å². The van der Waals surface area contributed by atoms with E-state index in [1.54, 1.807) is 96.2 Å². The highest BCUT2D eigenvalue weighted by Crippen LogP contribution is 2.41. The van der Waals surface area contributed by atoms with Crippen molar-refractivity contribution >= 4 is 57.7 Å². The quantitative estimate of drug-likeness (QED) is 0.266. The number of aliphatic carboxylic acids is 1. The first-order valence-electron chi connectivity index (χ1n) is 11.7. The molecule has 0 aliphatic carbocycles. The number of amides is 2. The summed E-state index contributed by atoms with van der Waals surface area (Å²) in [7, 11) is 0. The predicted octanol–water partition coefficient (Wildman–Crippen LogP) is 5.90. The van der Waals surface area contributed by atoms with Crippen LogP contribution in [0.2, 0.25) is 5.02 Å². The van der Waals surface area contributed by atoms with Gasteiger partial charge in [0.25, 0.3) is 11.8 Å². The Morgan fingerprint density at radius 3 is 2.32 bits per heavy atom. The number of nitrogens with zero attached hydrogens (tertiary/aromatic N) is 3. The predicted molar refractivity (Wildman–Crippen MR) is 152 cm³/mol. The number of rotatable bonds is 6. The van der Waals surface area contributed by atoms with Gasteiger partial charge in [0.15, 0.2) is 6.04 Å². The molecule has 38 heavy (non-hydrogen) atoms. The molecule has 1 aromatic heterocycles. The van der Waals surface area contributed by atoms with Gasteiger partial charge in [-0.15, -0.1) is 0 Å². The van der Waals surface area contributed by atoms with Gasteiger partial charge >= 0.3 is 5.97 Å². The zero-order chi connectivity index (χ0) is 26.8. The maximum Gasteiger partial charge on any atom is 0.331 e. The second-order valence-corrected chi connectivity index (χ2v) is 10.4. The third-order valence-electron chi connectivity index (χ3n) is 6.40. The van der Waals surface area contributed by atoms with Crippen molar-refractivity contribution in [1.29, 1.82) is 0 Å². The molecule has 2 atom stereocenters. The van der Waals surface area contributed by atoms with Gasteiger partial charge in [0.1, 0.15) is 6.04 Å². The SMILES string of the molecule is O=C(O)C(c1ccccc1)N1C(=O)c2cc(I)ccc2N(Cc2ccncc2)C(=O)C1c1ccc(Cl)cc1. The number of anilines is 1. The lowest BCUT2D eigenvalue weighted by atomic mass is 9.97. The van der Waals surface area contributed by atoms with E-state index in [-0.39, 0.29) is 12.1 Å². The third-order valence-corrected chi connectivity index (χ3v) is 7.32. The lowest BCUT2D eigenvalue weighted by Gasteiger charge is -2.35. The Hall–Kier alpha value is -3.76. The maximum absolute atomic E-state index is 14.5. The van der Waals surface area contributed by atoms with Crippen molar-refractivity contribution in [3.63, 3.8) is 0 Å². The highest BCUT2D eigenvalue weighted by atomic mass is 127. The number of fused-ring (bicyclic) bond motifs is 1. The fourth-order valence-electron chi connectivity index (χ4n) is 4.66. The summed E-state index contributed by atoms with van der Waals surface area (Å²) in [6.45, 7) is 0.170. The molecule has 1 aliphatic rings. The topological polar surface area (TPSA) is 90.8 Å². The van der Waals surface area contributed by atoms with Gasteiger partial charge in [-0.3, -0.25) is 14.6 Å². The monoisotopic (exact) mass is 637 g/mol. The second-order valence-electron chi connectivity index (χ2n) is 8.76. The van der Waals surface area contributed by atoms with E-state index in [4.69, 9.17) is 11.6 Å². The van der Waals surface area contributed by atoms with Gasteiger partial charge in [-0.2, -0.15) is 0 Å². The van der Waals surface area contributed by atoms with Gasteiger partial charge in [-0.05, 0) is 81.7 Å². The number of aromatic nitrogens is 1. The largest absolute Gasteiger partial charge is 0.479 e. The average molecular weight is 638 g/mol. The molecule has 0 saturated carbocycles. The van der Waals surface area contributed by atoms with Gasteiger partial charge in [0, 0.05) is 21.0 Å². The molecule has 4 aromatic rings. The Labute approximate surface area is 237 Å². The number of halogens is 2. The van der Waals surface area contributed by atoms with E-state index in [0.717, 1.165) is 9.13 Å². The van der Waals surface area contributed by atoms with Crippen LogP contribution in [0.3, 0.4) is 0 Å². The Morgan fingerprint density at radius 2 is 1.66 bits per heavy atom.